The zero-order valence-electron chi connectivity index (χ0n) is 13.8. The molecule has 1 aliphatic heterocycles. The van der Waals surface area contributed by atoms with Crippen molar-refractivity contribution in [3.63, 3.8) is 0 Å². The summed E-state index contributed by atoms with van der Waals surface area (Å²) in [6, 6.07) is 0. The number of nitrogens with zero attached hydrogens (tertiary/aromatic N) is 1. The number of carbonyl (C=O) groups excluding carboxylic acids is 2. The predicted molar refractivity (Wildman–Crippen MR) is 80.2 cm³/mol. The molecule has 1 fully saturated rings. The van der Waals surface area contributed by atoms with E-state index in [0.717, 1.165) is 6.42 Å². The van der Waals surface area contributed by atoms with E-state index in [1.54, 1.807) is 4.90 Å². The molecule has 21 heavy (non-hydrogen) atoms. The van der Waals surface area contributed by atoms with E-state index in [0.29, 0.717) is 32.5 Å². The molecule has 0 radical (unpaired) electrons. The molecule has 0 aromatic heterocycles. The highest BCUT2D eigenvalue weighted by atomic mass is 16.6. The highest BCUT2D eigenvalue weighted by Crippen LogP contribution is 2.23. The molecule has 0 aromatic carbocycles. The first-order chi connectivity index (χ1) is 9.65. The quantitative estimate of drug-likeness (QED) is 0.870. The van der Waals surface area contributed by atoms with Gasteiger partial charge < -0.3 is 19.7 Å². The van der Waals surface area contributed by atoms with Crippen molar-refractivity contribution in [1.82, 2.24) is 10.2 Å². The van der Waals surface area contributed by atoms with E-state index in [4.69, 9.17) is 9.47 Å². The summed E-state index contributed by atoms with van der Waals surface area (Å²) in [6.45, 7) is 11.0. The fraction of sp³-hybridized carbons (Fsp3) is 0.867. The van der Waals surface area contributed by atoms with Crippen LogP contribution in [0.2, 0.25) is 0 Å². The van der Waals surface area contributed by atoms with Gasteiger partial charge in [-0.15, -0.1) is 0 Å². The van der Waals surface area contributed by atoms with Crippen LogP contribution in [0.25, 0.3) is 0 Å². The Labute approximate surface area is 127 Å². The monoisotopic (exact) mass is 300 g/mol. The van der Waals surface area contributed by atoms with Crippen molar-refractivity contribution in [2.45, 2.75) is 65.0 Å². The minimum Gasteiger partial charge on any atom is -0.449 e. The maximum Gasteiger partial charge on any atom is 0.409 e. The number of amides is 2. The molecular weight excluding hydrogens is 272 g/mol. The van der Waals surface area contributed by atoms with Crippen LogP contribution in [0.5, 0.6) is 0 Å². The Hall–Kier alpha value is -1.46. The first kappa shape index (κ1) is 17.6. The summed E-state index contributed by atoms with van der Waals surface area (Å²) in [5, 5.41) is 2.91. The van der Waals surface area contributed by atoms with Gasteiger partial charge in [0, 0.05) is 18.6 Å². The molecule has 1 aliphatic rings. The topological polar surface area (TPSA) is 67.9 Å². The Morgan fingerprint density at radius 1 is 1.24 bits per heavy atom. The van der Waals surface area contributed by atoms with Crippen LogP contribution in [0, 0.1) is 0 Å². The van der Waals surface area contributed by atoms with E-state index in [-0.39, 0.29) is 11.6 Å². The van der Waals surface area contributed by atoms with Crippen molar-refractivity contribution in [2.75, 3.05) is 19.7 Å². The number of ether oxygens (including phenoxy) is 2. The van der Waals surface area contributed by atoms with Crippen LogP contribution in [0.1, 0.15) is 53.9 Å². The van der Waals surface area contributed by atoms with Gasteiger partial charge in [0.25, 0.3) is 0 Å². The van der Waals surface area contributed by atoms with Gasteiger partial charge in [0.15, 0.2) is 0 Å². The maximum atomic E-state index is 11.9. The molecule has 2 amide bonds. The molecule has 0 atom stereocenters. The Balaban J connectivity index is 2.43. The minimum absolute atomic E-state index is 0.267. The van der Waals surface area contributed by atoms with Gasteiger partial charge in [0.1, 0.15) is 5.60 Å². The fourth-order valence-electron chi connectivity index (χ4n) is 2.14. The number of nitrogens with one attached hydrogen (secondary N) is 1. The van der Waals surface area contributed by atoms with Crippen molar-refractivity contribution in [3.05, 3.63) is 0 Å². The summed E-state index contributed by atoms with van der Waals surface area (Å²) in [4.78, 5) is 25.3. The number of rotatable bonds is 3. The SMILES string of the molecule is CCCOC(=O)N1CCC(C)(NC(=O)OC(C)(C)C)CC1. The lowest BCUT2D eigenvalue weighted by molar-refractivity contribution is 0.0393. The number of alkyl carbamates (subject to hydrolysis) is 1. The van der Waals surface area contributed by atoms with Crippen LogP contribution in [0.4, 0.5) is 9.59 Å². The summed E-state index contributed by atoms with van der Waals surface area (Å²) < 4.78 is 10.4. The van der Waals surface area contributed by atoms with Crippen LogP contribution >= 0.6 is 0 Å². The molecule has 0 spiro atoms. The largest absolute Gasteiger partial charge is 0.449 e. The maximum absolute atomic E-state index is 11.9. The normalized spacial score (nSPS) is 18.0. The lowest BCUT2D eigenvalue weighted by atomic mass is 9.90. The highest BCUT2D eigenvalue weighted by Gasteiger charge is 2.34. The van der Waals surface area contributed by atoms with E-state index in [1.165, 1.54) is 0 Å². The molecular formula is C15H28N2O4. The smallest absolute Gasteiger partial charge is 0.409 e. The molecule has 0 bridgehead atoms. The first-order valence-corrected chi connectivity index (χ1v) is 7.58. The summed E-state index contributed by atoms with van der Waals surface area (Å²) in [5.41, 5.74) is -0.852. The lowest BCUT2D eigenvalue weighted by Crippen LogP contribution is -2.55. The molecule has 6 nitrogen and oxygen atoms in total. The molecule has 0 unspecified atom stereocenters. The van der Waals surface area contributed by atoms with Crippen molar-refractivity contribution < 1.29 is 19.1 Å². The number of hydrogen-bond acceptors (Lipinski definition) is 4. The Kier molecular flexibility index (Phi) is 5.87. The molecule has 122 valence electrons. The molecule has 6 heteroatoms. The third-order valence-corrected chi connectivity index (χ3v) is 3.36. The van der Waals surface area contributed by atoms with Crippen molar-refractivity contribution in [2.24, 2.45) is 0 Å². The zero-order valence-corrected chi connectivity index (χ0v) is 13.8. The van der Waals surface area contributed by atoms with Gasteiger partial charge in [0.05, 0.1) is 6.61 Å². The molecule has 1 saturated heterocycles. The van der Waals surface area contributed by atoms with Crippen LogP contribution < -0.4 is 5.32 Å². The number of likely N-dealkylation sites (tertiary alicyclic amines) is 1. The molecule has 0 aromatic rings. The zero-order chi connectivity index (χ0) is 16.1. The Morgan fingerprint density at radius 3 is 2.29 bits per heavy atom. The van der Waals surface area contributed by atoms with Gasteiger partial charge in [-0.25, -0.2) is 9.59 Å². The number of hydrogen-bond donors (Lipinski definition) is 1. The lowest BCUT2D eigenvalue weighted by Gasteiger charge is -2.39. The molecule has 1 rings (SSSR count). The van der Waals surface area contributed by atoms with Crippen molar-refractivity contribution in [3.8, 4) is 0 Å². The second kappa shape index (κ2) is 7.00. The number of piperidine rings is 1. The third-order valence-electron chi connectivity index (χ3n) is 3.36. The molecule has 0 aliphatic carbocycles. The van der Waals surface area contributed by atoms with Gasteiger partial charge in [-0.2, -0.15) is 0 Å². The van der Waals surface area contributed by atoms with Crippen LogP contribution in [0.15, 0.2) is 0 Å². The molecule has 1 N–H and O–H groups in total. The standard InChI is InChI=1S/C15H28N2O4/c1-6-11-20-13(19)17-9-7-15(5,8-10-17)16-12(18)21-14(2,3)4/h6-11H2,1-5H3,(H,16,18). The van der Waals surface area contributed by atoms with Gasteiger partial charge >= 0.3 is 12.2 Å². The second-order valence-corrected chi connectivity index (χ2v) is 6.79. The summed E-state index contributed by atoms with van der Waals surface area (Å²) in [6.07, 6.45) is 1.52. The van der Waals surface area contributed by atoms with E-state index in [9.17, 15) is 9.59 Å². The highest BCUT2D eigenvalue weighted by molar-refractivity contribution is 5.69. The molecule has 0 saturated carbocycles. The summed E-state index contributed by atoms with van der Waals surface area (Å²) >= 11 is 0. The van der Waals surface area contributed by atoms with Gasteiger partial charge in [-0.3, -0.25) is 0 Å². The number of carbonyl (C=O) groups is 2. The first-order valence-electron chi connectivity index (χ1n) is 7.58. The predicted octanol–water partition coefficient (Wildman–Crippen LogP) is 2.91. The third kappa shape index (κ3) is 6.23. The molecule has 1 heterocycles. The summed E-state index contributed by atoms with van der Waals surface area (Å²) in [5.74, 6) is 0. The average Bonchev–Trinajstić information content (AvgIpc) is 2.33. The van der Waals surface area contributed by atoms with Crippen LogP contribution in [-0.2, 0) is 9.47 Å². The van der Waals surface area contributed by atoms with Gasteiger partial charge in [0.2, 0.25) is 0 Å². The average molecular weight is 300 g/mol. The van der Waals surface area contributed by atoms with Crippen LogP contribution in [0.3, 0.4) is 0 Å². The summed E-state index contributed by atoms with van der Waals surface area (Å²) in [7, 11) is 0. The second-order valence-electron chi connectivity index (χ2n) is 6.79. The fourth-order valence-corrected chi connectivity index (χ4v) is 2.14. The Bertz CT molecular complexity index is 368. The van der Waals surface area contributed by atoms with Gasteiger partial charge in [-0.1, -0.05) is 6.92 Å². The van der Waals surface area contributed by atoms with Crippen molar-refractivity contribution >= 4 is 12.2 Å². The van der Waals surface area contributed by atoms with Crippen LogP contribution in [-0.4, -0.2) is 47.9 Å². The minimum atomic E-state index is -0.509. The van der Waals surface area contributed by atoms with E-state index in [1.807, 2.05) is 34.6 Å². The van der Waals surface area contributed by atoms with E-state index in [2.05, 4.69) is 5.32 Å². The van der Waals surface area contributed by atoms with Gasteiger partial charge in [-0.05, 0) is 47.0 Å². The Morgan fingerprint density at radius 2 is 1.81 bits per heavy atom. The van der Waals surface area contributed by atoms with Crippen molar-refractivity contribution in [1.29, 1.82) is 0 Å². The van der Waals surface area contributed by atoms with E-state index >= 15 is 0 Å². The van der Waals surface area contributed by atoms with E-state index < -0.39 is 11.7 Å².